The fourth-order valence-electron chi connectivity index (χ4n) is 3.81. The standard InChI is InChI=1S/C25H29NO7/c1-5-32-18-10-7-16(8-11-18)23(27)21-22(26(13-14-30-3)25(29)24(21)28)17-9-12-19(33-6-2)20(15-17)31-4/h7-12,15,22,27H,5-6,13-14H2,1-4H3/b23-21+. The highest BCUT2D eigenvalue weighted by Gasteiger charge is 2.46. The molecule has 33 heavy (non-hydrogen) atoms. The number of benzene rings is 2. The number of amides is 1. The van der Waals surface area contributed by atoms with Crippen molar-refractivity contribution in [2.24, 2.45) is 0 Å². The molecule has 1 aliphatic heterocycles. The Morgan fingerprint density at radius 2 is 1.67 bits per heavy atom. The number of aliphatic hydroxyl groups is 1. The Kier molecular flexibility index (Phi) is 7.95. The molecule has 3 rings (SSSR count). The van der Waals surface area contributed by atoms with E-state index >= 15 is 0 Å². The molecule has 1 unspecified atom stereocenters. The Morgan fingerprint density at radius 3 is 2.27 bits per heavy atom. The number of carbonyl (C=O) groups is 2. The van der Waals surface area contributed by atoms with E-state index in [1.54, 1.807) is 42.5 Å². The third kappa shape index (κ3) is 4.96. The maximum Gasteiger partial charge on any atom is 0.295 e. The van der Waals surface area contributed by atoms with Crippen LogP contribution in [0.1, 0.15) is 31.0 Å². The van der Waals surface area contributed by atoms with Gasteiger partial charge < -0.3 is 29.0 Å². The summed E-state index contributed by atoms with van der Waals surface area (Å²) in [5.74, 6) is -0.0545. The molecule has 1 atom stereocenters. The fourth-order valence-corrected chi connectivity index (χ4v) is 3.81. The second-order valence-electron chi connectivity index (χ2n) is 7.29. The molecule has 1 fully saturated rings. The first kappa shape index (κ1) is 24.1. The van der Waals surface area contributed by atoms with E-state index in [0.29, 0.717) is 41.6 Å². The van der Waals surface area contributed by atoms with Crippen LogP contribution in [0.2, 0.25) is 0 Å². The van der Waals surface area contributed by atoms with E-state index in [1.165, 1.54) is 19.1 Å². The highest BCUT2D eigenvalue weighted by molar-refractivity contribution is 6.46. The molecule has 0 bridgehead atoms. The molecule has 1 saturated heterocycles. The number of hydrogen-bond donors (Lipinski definition) is 1. The third-order valence-corrected chi connectivity index (χ3v) is 5.32. The van der Waals surface area contributed by atoms with Gasteiger partial charge in [0.25, 0.3) is 11.7 Å². The van der Waals surface area contributed by atoms with Gasteiger partial charge in [0, 0.05) is 19.2 Å². The number of carbonyl (C=O) groups excluding carboxylic acids is 2. The van der Waals surface area contributed by atoms with Gasteiger partial charge in [0.05, 0.1) is 38.5 Å². The molecular formula is C25H29NO7. The summed E-state index contributed by atoms with van der Waals surface area (Å²) in [4.78, 5) is 27.3. The second-order valence-corrected chi connectivity index (χ2v) is 7.29. The summed E-state index contributed by atoms with van der Waals surface area (Å²) in [7, 11) is 3.04. The minimum absolute atomic E-state index is 0.00600. The summed E-state index contributed by atoms with van der Waals surface area (Å²) >= 11 is 0. The van der Waals surface area contributed by atoms with E-state index in [1.807, 2.05) is 13.8 Å². The Bertz CT molecular complexity index is 1030. The Balaban J connectivity index is 2.13. The van der Waals surface area contributed by atoms with Crippen molar-refractivity contribution in [2.75, 3.05) is 40.6 Å². The minimum Gasteiger partial charge on any atom is -0.507 e. The van der Waals surface area contributed by atoms with Crippen molar-refractivity contribution in [1.29, 1.82) is 0 Å². The van der Waals surface area contributed by atoms with E-state index < -0.39 is 17.7 Å². The van der Waals surface area contributed by atoms with Gasteiger partial charge in [0.1, 0.15) is 11.5 Å². The zero-order valence-corrected chi connectivity index (χ0v) is 19.3. The third-order valence-electron chi connectivity index (χ3n) is 5.32. The predicted molar refractivity (Wildman–Crippen MR) is 123 cm³/mol. The monoisotopic (exact) mass is 455 g/mol. The number of nitrogens with zero attached hydrogens (tertiary/aromatic N) is 1. The van der Waals surface area contributed by atoms with Gasteiger partial charge in [0.15, 0.2) is 11.5 Å². The maximum absolute atomic E-state index is 13.0. The van der Waals surface area contributed by atoms with Crippen LogP contribution in [0.15, 0.2) is 48.0 Å². The fraction of sp³-hybridized carbons (Fsp3) is 0.360. The van der Waals surface area contributed by atoms with Gasteiger partial charge in [-0.05, 0) is 55.8 Å². The first-order valence-corrected chi connectivity index (χ1v) is 10.8. The van der Waals surface area contributed by atoms with Crippen LogP contribution in [-0.4, -0.2) is 62.3 Å². The Hall–Kier alpha value is -3.52. The number of Topliss-reactive ketones (excluding diaryl/α,β-unsaturated/α-hetero) is 1. The van der Waals surface area contributed by atoms with E-state index in [9.17, 15) is 14.7 Å². The van der Waals surface area contributed by atoms with Gasteiger partial charge in [0.2, 0.25) is 0 Å². The number of aliphatic hydroxyl groups excluding tert-OH is 1. The van der Waals surface area contributed by atoms with Crippen molar-refractivity contribution < 1.29 is 33.6 Å². The SMILES string of the molecule is CCOc1ccc(/C(O)=C2\C(=O)C(=O)N(CCOC)C2c2ccc(OCC)c(OC)c2)cc1. The first-order chi connectivity index (χ1) is 16.0. The van der Waals surface area contributed by atoms with Crippen molar-refractivity contribution in [3.63, 3.8) is 0 Å². The highest BCUT2D eigenvalue weighted by atomic mass is 16.5. The van der Waals surface area contributed by atoms with Gasteiger partial charge in [-0.15, -0.1) is 0 Å². The molecule has 8 heteroatoms. The lowest BCUT2D eigenvalue weighted by atomic mass is 9.95. The normalized spacial score (nSPS) is 17.3. The molecule has 1 N–H and O–H groups in total. The summed E-state index contributed by atoms with van der Waals surface area (Å²) in [5, 5.41) is 11.1. The molecule has 1 heterocycles. The van der Waals surface area contributed by atoms with Crippen molar-refractivity contribution in [2.45, 2.75) is 19.9 Å². The second kappa shape index (κ2) is 10.9. The van der Waals surface area contributed by atoms with Crippen molar-refractivity contribution in [1.82, 2.24) is 4.90 Å². The molecule has 0 radical (unpaired) electrons. The number of ketones is 1. The van der Waals surface area contributed by atoms with Crippen LogP contribution < -0.4 is 14.2 Å². The molecule has 0 aliphatic carbocycles. The average Bonchev–Trinajstić information content (AvgIpc) is 3.08. The van der Waals surface area contributed by atoms with Gasteiger partial charge in [-0.3, -0.25) is 9.59 Å². The minimum atomic E-state index is -0.809. The Labute approximate surface area is 193 Å². The molecule has 8 nitrogen and oxygen atoms in total. The summed E-state index contributed by atoms with van der Waals surface area (Å²) in [6.45, 7) is 5.13. The van der Waals surface area contributed by atoms with Gasteiger partial charge in [-0.2, -0.15) is 0 Å². The lowest BCUT2D eigenvalue weighted by Gasteiger charge is -2.25. The van der Waals surface area contributed by atoms with E-state index in [2.05, 4.69) is 0 Å². The van der Waals surface area contributed by atoms with Gasteiger partial charge in [-0.25, -0.2) is 0 Å². The van der Waals surface area contributed by atoms with Crippen LogP contribution >= 0.6 is 0 Å². The van der Waals surface area contributed by atoms with E-state index in [0.717, 1.165) is 0 Å². The maximum atomic E-state index is 13.0. The topological polar surface area (TPSA) is 94.5 Å². The molecule has 176 valence electrons. The van der Waals surface area contributed by atoms with Crippen molar-refractivity contribution in [3.8, 4) is 17.2 Å². The number of likely N-dealkylation sites (tertiary alicyclic amines) is 1. The van der Waals surface area contributed by atoms with Crippen LogP contribution in [0, 0.1) is 0 Å². The molecule has 0 saturated carbocycles. The van der Waals surface area contributed by atoms with E-state index in [4.69, 9.17) is 18.9 Å². The van der Waals surface area contributed by atoms with Crippen molar-refractivity contribution >= 4 is 17.4 Å². The quantitative estimate of drug-likeness (QED) is 0.333. The lowest BCUT2D eigenvalue weighted by Crippen LogP contribution is -2.32. The summed E-state index contributed by atoms with van der Waals surface area (Å²) < 4.78 is 21.6. The zero-order chi connectivity index (χ0) is 24.0. The summed E-state index contributed by atoms with van der Waals surface area (Å²) in [6.07, 6.45) is 0. The highest BCUT2D eigenvalue weighted by Crippen LogP contribution is 2.42. The lowest BCUT2D eigenvalue weighted by molar-refractivity contribution is -0.140. The molecule has 0 spiro atoms. The van der Waals surface area contributed by atoms with Crippen LogP contribution in [0.3, 0.4) is 0 Å². The zero-order valence-electron chi connectivity index (χ0n) is 19.3. The van der Waals surface area contributed by atoms with Crippen LogP contribution in [0.5, 0.6) is 17.2 Å². The molecular weight excluding hydrogens is 426 g/mol. The smallest absolute Gasteiger partial charge is 0.295 e. The van der Waals surface area contributed by atoms with Crippen LogP contribution in [0.25, 0.3) is 5.76 Å². The summed E-state index contributed by atoms with van der Waals surface area (Å²) in [5.41, 5.74) is 1.02. The first-order valence-electron chi connectivity index (χ1n) is 10.8. The van der Waals surface area contributed by atoms with Crippen LogP contribution in [-0.2, 0) is 14.3 Å². The summed E-state index contributed by atoms with van der Waals surface area (Å²) in [6, 6.07) is 11.1. The Morgan fingerprint density at radius 1 is 0.970 bits per heavy atom. The van der Waals surface area contributed by atoms with Crippen LogP contribution in [0.4, 0.5) is 0 Å². The molecule has 0 aromatic heterocycles. The number of ether oxygens (including phenoxy) is 4. The number of hydrogen-bond acceptors (Lipinski definition) is 7. The largest absolute Gasteiger partial charge is 0.507 e. The molecule has 2 aromatic carbocycles. The molecule has 1 amide bonds. The van der Waals surface area contributed by atoms with E-state index in [-0.39, 0.29) is 24.5 Å². The number of methoxy groups -OCH3 is 2. The van der Waals surface area contributed by atoms with Gasteiger partial charge in [-0.1, -0.05) is 6.07 Å². The molecule has 1 aliphatic rings. The van der Waals surface area contributed by atoms with Gasteiger partial charge >= 0.3 is 0 Å². The van der Waals surface area contributed by atoms with Crippen molar-refractivity contribution in [3.05, 3.63) is 59.2 Å². The molecule has 2 aromatic rings. The average molecular weight is 456 g/mol. The number of rotatable bonds is 10. The predicted octanol–water partition coefficient (Wildman–Crippen LogP) is 3.56.